The third-order valence-electron chi connectivity index (χ3n) is 6.09. The van der Waals surface area contributed by atoms with E-state index in [1.165, 1.54) is 12.1 Å². The van der Waals surface area contributed by atoms with Gasteiger partial charge < -0.3 is 14.8 Å². The van der Waals surface area contributed by atoms with Gasteiger partial charge in [-0.25, -0.2) is 4.39 Å². The molecule has 3 heterocycles. The molecule has 1 saturated heterocycles. The van der Waals surface area contributed by atoms with Gasteiger partial charge in [0.2, 0.25) is 0 Å². The molecule has 0 radical (unpaired) electrons. The summed E-state index contributed by atoms with van der Waals surface area (Å²) in [5.74, 6) is -0.286. The zero-order chi connectivity index (χ0) is 23.1. The minimum Gasteiger partial charge on any atom is -0.351 e. The molecule has 2 aromatic carbocycles. The van der Waals surface area contributed by atoms with Gasteiger partial charge in [0.15, 0.2) is 5.11 Å². The van der Waals surface area contributed by atoms with Gasteiger partial charge in [0.05, 0.1) is 28.5 Å². The number of halogens is 2. The molecule has 1 N–H and O–H groups in total. The van der Waals surface area contributed by atoms with Crippen LogP contribution >= 0.6 is 23.8 Å². The Kier molecular flexibility index (Phi) is 5.64. The van der Waals surface area contributed by atoms with E-state index in [-0.39, 0.29) is 17.9 Å². The SMILES string of the molecule is Cc1cc([C@H]2[C@@H](c3ccccn3)NC(=S)N2c2ccc(F)cc2)c(C)n1-c1ccccc1Cl. The summed E-state index contributed by atoms with van der Waals surface area (Å²) in [7, 11) is 0. The summed E-state index contributed by atoms with van der Waals surface area (Å²) >= 11 is 12.3. The summed E-state index contributed by atoms with van der Waals surface area (Å²) in [4.78, 5) is 6.66. The number of rotatable bonds is 4. The van der Waals surface area contributed by atoms with Crippen molar-refractivity contribution in [1.82, 2.24) is 14.9 Å². The molecule has 2 atom stereocenters. The van der Waals surface area contributed by atoms with Gasteiger partial charge >= 0.3 is 0 Å². The van der Waals surface area contributed by atoms with Gasteiger partial charge in [0, 0.05) is 23.3 Å². The Morgan fingerprint density at radius 3 is 2.42 bits per heavy atom. The van der Waals surface area contributed by atoms with Gasteiger partial charge in [-0.2, -0.15) is 0 Å². The molecule has 1 aliphatic heterocycles. The van der Waals surface area contributed by atoms with Crippen molar-refractivity contribution in [3.05, 3.63) is 112 Å². The zero-order valence-corrected chi connectivity index (χ0v) is 19.7. The van der Waals surface area contributed by atoms with Gasteiger partial charge in [-0.3, -0.25) is 4.98 Å². The topological polar surface area (TPSA) is 33.1 Å². The third kappa shape index (κ3) is 3.79. The largest absolute Gasteiger partial charge is 0.351 e. The summed E-state index contributed by atoms with van der Waals surface area (Å²) < 4.78 is 15.8. The molecule has 0 unspecified atom stereocenters. The summed E-state index contributed by atoms with van der Waals surface area (Å²) in [5.41, 5.74) is 5.85. The molecule has 1 fully saturated rings. The molecular weight excluding hydrogens is 455 g/mol. The third-order valence-corrected chi connectivity index (χ3v) is 6.72. The number of benzene rings is 2. The standard InChI is InChI=1S/C26H22ClFN4S/c1-16-15-20(17(2)31(16)23-9-4-3-7-21(23)27)25-24(22-8-5-6-14-29-22)30-26(33)32(25)19-12-10-18(28)11-13-19/h3-15,24-25H,1-2H3,(H,30,33)/t24-,25+/m1/s1. The predicted molar refractivity (Wildman–Crippen MR) is 135 cm³/mol. The summed E-state index contributed by atoms with van der Waals surface area (Å²) in [6.45, 7) is 4.16. The second-order valence-electron chi connectivity index (χ2n) is 8.09. The molecule has 2 aromatic heterocycles. The van der Waals surface area contributed by atoms with Crippen molar-refractivity contribution < 1.29 is 4.39 Å². The number of thiocarbonyl (C=S) groups is 1. The van der Waals surface area contributed by atoms with Crippen LogP contribution in [0.3, 0.4) is 0 Å². The maximum absolute atomic E-state index is 13.7. The number of hydrogen-bond acceptors (Lipinski definition) is 2. The van der Waals surface area contributed by atoms with Crippen LogP contribution in [0, 0.1) is 19.7 Å². The van der Waals surface area contributed by atoms with E-state index < -0.39 is 0 Å². The fourth-order valence-corrected chi connectivity index (χ4v) is 5.21. The van der Waals surface area contributed by atoms with Gasteiger partial charge in [-0.15, -0.1) is 0 Å². The molecule has 4 nitrogen and oxygen atoms in total. The van der Waals surface area contributed by atoms with Crippen molar-refractivity contribution in [1.29, 1.82) is 0 Å². The number of pyridine rings is 1. The zero-order valence-electron chi connectivity index (χ0n) is 18.2. The molecule has 4 aromatic rings. The van der Waals surface area contributed by atoms with E-state index in [9.17, 15) is 4.39 Å². The first-order valence-electron chi connectivity index (χ1n) is 10.7. The van der Waals surface area contributed by atoms with Crippen LogP contribution in [0.5, 0.6) is 0 Å². The van der Waals surface area contributed by atoms with Crippen LogP contribution in [0.25, 0.3) is 5.69 Å². The maximum Gasteiger partial charge on any atom is 0.174 e. The lowest BCUT2D eigenvalue weighted by Crippen LogP contribution is -2.29. The molecule has 7 heteroatoms. The normalized spacial score (nSPS) is 17.9. The predicted octanol–water partition coefficient (Wildman–Crippen LogP) is 6.46. The van der Waals surface area contributed by atoms with E-state index in [2.05, 4.69) is 34.8 Å². The molecular formula is C26H22ClFN4S. The van der Waals surface area contributed by atoms with Crippen LogP contribution in [-0.4, -0.2) is 14.7 Å². The lowest BCUT2D eigenvalue weighted by atomic mass is 9.96. The molecule has 5 rings (SSSR count). The first-order valence-corrected chi connectivity index (χ1v) is 11.4. The van der Waals surface area contributed by atoms with Crippen LogP contribution < -0.4 is 10.2 Å². The first-order chi connectivity index (χ1) is 16.0. The van der Waals surface area contributed by atoms with Gasteiger partial charge in [-0.05, 0) is 86.2 Å². The van der Waals surface area contributed by atoms with E-state index in [0.29, 0.717) is 10.1 Å². The lowest BCUT2D eigenvalue weighted by molar-refractivity contribution is 0.565. The average Bonchev–Trinajstić information content (AvgIpc) is 3.31. The Bertz CT molecular complexity index is 1320. The summed E-state index contributed by atoms with van der Waals surface area (Å²) in [6.07, 6.45) is 1.78. The highest BCUT2D eigenvalue weighted by atomic mass is 35.5. The van der Waals surface area contributed by atoms with Crippen molar-refractivity contribution >= 4 is 34.6 Å². The van der Waals surface area contributed by atoms with Crippen molar-refractivity contribution in [2.75, 3.05) is 4.90 Å². The highest BCUT2D eigenvalue weighted by Gasteiger charge is 2.42. The van der Waals surface area contributed by atoms with Gasteiger partial charge in [-0.1, -0.05) is 29.8 Å². The summed E-state index contributed by atoms with van der Waals surface area (Å²) in [5, 5.41) is 4.71. The minimum atomic E-state index is -0.286. The quantitative estimate of drug-likeness (QED) is 0.343. The van der Waals surface area contributed by atoms with E-state index in [0.717, 1.165) is 34.0 Å². The molecule has 0 amide bonds. The number of aryl methyl sites for hydroxylation is 1. The Hall–Kier alpha value is -3.22. The number of para-hydroxylation sites is 1. The smallest absolute Gasteiger partial charge is 0.174 e. The van der Waals surface area contributed by atoms with Crippen molar-refractivity contribution in [2.45, 2.75) is 25.9 Å². The van der Waals surface area contributed by atoms with E-state index in [1.54, 1.807) is 18.3 Å². The first kappa shape index (κ1) is 21.6. The number of aromatic nitrogens is 2. The van der Waals surface area contributed by atoms with Crippen LogP contribution in [0.4, 0.5) is 10.1 Å². The molecule has 166 valence electrons. The van der Waals surface area contributed by atoms with Crippen LogP contribution in [0.2, 0.25) is 5.02 Å². The second-order valence-corrected chi connectivity index (χ2v) is 8.88. The number of nitrogens with zero attached hydrogens (tertiary/aromatic N) is 3. The highest BCUT2D eigenvalue weighted by molar-refractivity contribution is 7.80. The number of hydrogen-bond donors (Lipinski definition) is 1. The average molecular weight is 477 g/mol. The molecule has 0 spiro atoms. The van der Waals surface area contributed by atoms with Gasteiger partial charge in [0.1, 0.15) is 5.82 Å². The van der Waals surface area contributed by atoms with Crippen LogP contribution in [0.15, 0.2) is 79.0 Å². The van der Waals surface area contributed by atoms with E-state index in [1.807, 2.05) is 47.4 Å². The Labute approximate surface area is 202 Å². The fourth-order valence-electron chi connectivity index (χ4n) is 4.64. The van der Waals surface area contributed by atoms with Gasteiger partial charge in [0.25, 0.3) is 0 Å². The fraction of sp³-hybridized carbons (Fsp3) is 0.154. The maximum atomic E-state index is 13.7. The molecule has 33 heavy (non-hydrogen) atoms. The molecule has 0 saturated carbocycles. The van der Waals surface area contributed by atoms with Crippen molar-refractivity contribution in [3.8, 4) is 5.69 Å². The second kappa shape index (κ2) is 8.61. The van der Waals surface area contributed by atoms with Crippen molar-refractivity contribution in [2.24, 2.45) is 0 Å². The number of anilines is 1. The monoisotopic (exact) mass is 476 g/mol. The molecule has 0 bridgehead atoms. The van der Waals surface area contributed by atoms with Crippen LogP contribution in [0.1, 0.15) is 34.7 Å². The van der Waals surface area contributed by atoms with Crippen molar-refractivity contribution in [3.63, 3.8) is 0 Å². The van der Waals surface area contributed by atoms with E-state index in [4.69, 9.17) is 23.8 Å². The van der Waals surface area contributed by atoms with E-state index >= 15 is 0 Å². The molecule has 0 aliphatic carbocycles. The Morgan fingerprint density at radius 2 is 1.73 bits per heavy atom. The molecule has 1 aliphatic rings. The Morgan fingerprint density at radius 1 is 1.00 bits per heavy atom. The minimum absolute atomic E-state index is 0.177. The highest BCUT2D eigenvalue weighted by Crippen LogP contribution is 2.44. The lowest BCUT2D eigenvalue weighted by Gasteiger charge is -2.28. The number of nitrogens with one attached hydrogen (secondary N) is 1. The summed E-state index contributed by atoms with van der Waals surface area (Å²) in [6, 6.07) is 21.9. The Balaban J connectivity index is 1.69. The van der Waals surface area contributed by atoms with Crippen LogP contribution in [-0.2, 0) is 0 Å².